The zero-order valence-electron chi connectivity index (χ0n) is 10.9. The first kappa shape index (κ1) is 13.5. The van der Waals surface area contributed by atoms with Crippen LogP contribution in [0.1, 0.15) is 52.9 Å². The van der Waals surface area contributed by atoms with Gasteiger partial charge in [-0.25, -0.2) is 0 Å². The lowest BCUT2D eigenvalue weighted by Crippen LogP contribution is -2.45. The van der Waals surface area contributed by atoms with Crippen molar-refractivity contribution in [1.82, 2.24) is 10.6 Å². The fraction of sp³-hybridized carbons (Fsp3) is 0.923. The molecule has 0 spiro atoms. The molecule has 1 aliphatic carbocycles. The van der Waals surface area contributed by atoms with Crippen molar-refractivity contribution >= 4 is 5.91 Å². The molecule has 0 bridgehead atoms. The van der Waals surface area contributed by atoms with Crippen molar-refractivity contribution in [2.24, 2.45) is 5.41 Å². The molecule has 1 fully saturated rings. The summed E-state index contributed by atoms with van der Waals surface area (Å²) >= 11 is 0. The first-order chi connectivity index (χ1) is 7.63. The summed E-state index contributed by atoms with van der Waals surface area (Å²) in [7, 11) is 0. The second kappa shape index (κ2) is 6.24. The number of hydrogen-bond acceptors (Lipinski definition) is 2. The minimum atomic E-state index is -0.0658. The number of amides is 1. The van der Waals surface area contributed by atoms with Gasteiger partial charge in [0.15, 0.2) is 0 Å². The molecule has 16 heavy (non-hydrogen) atoms. The molecule has 3 heteroatoms. The molecule has 0 radical (unpaired) electrons. The number of rotatable bonds is 6. The first-order valence-corrected chi connectivity index (χ1v) is 6.64. The van der Waals surface area contributed by atoms with Crippen LogP contribution in [0.4, 0.5) is 0 Å². The van der Waals surface area contributed by atoms with E-state index in [2.05, 4.69) is 17.6 Å². The molecule has 0 saturated heterocycles. The number of hydrogen-bond donors (Lipinski definition) is 2. The van der Waals surface area contributed by atoms with Crippen molar-refractivity contribution in [3.8, 4) is 0 Å². The average Bonchev–Trinajstić information content (AvgIpc) is 2.75. The van der Waals surface area contributed by atoms with Gasteiger partial charge in [0.05, 0.1) is 6.04 Å². The standard InChI is InChI=1S/C13H26N2O/c1-4-13(8-6-7-9-13)10-15-11(3)12(16)14-5-2/h11,15H,4-10H2,1-3H3,(H,14,16). The van der Waals surface area contributed by atoms with Crippen LogP contribution in [0.15, 0.2) is 0 Å². The fourth-order valence-corrected chi connectivity index (χ4v) is 2.57. The Kier molecular flexibility index (Phi) is 5.26. The van der Waals surface area contributed by atoms with E-state index in [-0.39, 0.29) is 11.9 Å². The Labute approximate surface area is 99.4 Å². The quantitative estimate of drug-likeness (QED) is 0.728. The predicted molar refractivity (Wildman–Crippen MR) is 67.3 cm³/mol. The highest BCUT2D eigenvalue weighted by molar-refractivity contribution is 5.81. The normalized spacial score (nSPS) is 20.7. The van der Waals surface area contributed by atoms with Crippen molar-refractivity contribution in [2.45, 2.75) is 58.9 Å². The SMILES string of the molecule is CCNC(=O)C(C)NCC1(CC)CCCC1. The second-order valence-electron chi connectivity index (χ2n) is 5.06. The monoisotopic (exact) mass is 226 g/mol. The molecule has 0 heterocycles. The maximum Gasteiger partial charge on any atom is 0.236 e. The zero-order chi connectivity index (χ0) is 12.0. The first-order valence-electron chi connectivity index (χ1n) is 6.64. The highest BCUT2D eigenvalue weighted by Crippen LogP contribution is 2.40. The van der Waals surface area contributed by atoms with E-state index in [0.29, 0.717) is 12.0 Å². The van der Waals surface area contributed by atoms with Crippen molar-refractivity contribution in [1.29, 1.82) is 0 Å². The van der Waals surface area contributed by atoms with Crippen LogP contribution in [0, 0.1) is 5.41 Å². The summed E-state index contributed by atoms with van der Waals surface area (Å²) in [6.45, 7) is 7.87. The van der Waals surface area contributed by atoms with E-state index < -0.39 is 0 Å². The number of likely N-dealkylation sites (N-methyl/N-ethyl adjacent to an activating group) is 1. The summed E-state index contributed by atoms with van der Waals surface area (Å²) < 4.78 is 0. The zero-order valence-corrected chi connectivity index (χ0v) is 10.9. The van der Waals surface area contributed by atoms with Crippen molar-refractivity contribution in [3.63, 3.8) is 0 Å². The lowest BCUT2D eigenvalue weighted by atomic mass is 9.83. The van der Waals surface area contributed by atoms with Crippen LogP contribution in [0.5, 0.6) is 0 Å². The molecule has 2 N–H and O–H groups in total. The average molecular weight is 226 g/mol. The van der Waals surface area contributed by atoms with Gasteiger partial charge < -0.3 is 10.6 Å². The Morgan fingerprint density at radius 1 is 1.31 bits per heavy atom. The third kappa shape index (κ3) is 3.48. The minimum Gasteiger partial charge on any atom is -0.355 e. The molecule has 1 aliphatic rings. The highest BCUT2D eigenvalue weighted by Gasteiger charge is 2.32. The third-order valence-electron chi connectivity index (χ3n) is 3.94. The smallest absolute Gasteiger partial charge is 0.236 e. The maximum absolute atomic E-state index is 11.6. The molecule has 0 aromatic heterocycles. The van der Waals surface area contributed by atoms with Gasteiger partial charge in [0.1, 0.15) is 0 Å². The molecule has 1 unspecified atom stereocenters. The van der Waals surface area contributed by atoms with E-state index in [1.165, 1.54) is 32.1 Å². The van der Waals surface area contributed by atoms with E-state index in [9.17, 15) is 4.79 Å². The van der Waals surface area contributed by atoms with Crippen LogP contribution in [0.2, 0.25) is 0 Å². The van der Waals surface area contributed by atoms with E-state index >= 15 is 0 Å². The van der Waals surface area contributed by atoms with Gasteiger partial charge in [-0.1, -0.05) is 19.8 Å². The largest absolute Gasteiger partial charge is 0.355 e. The Bertz CT molecular complexity index is 222. The Morgan fingerprint density at radius 3 is 2.44 bits per heavy atom. The predicted octanol–water partition coefficient (Wildman–Crippen LogP) is 2.07. The van der Waals surface area contributed by atoms with Crippen LogP contribution < -0.4 is 10.6 Å². The van der Waals surface area contributed by atoms with Crippen LogP contribution in [0.25, 0.3) is 0 Å². The maximum atomic E-state index is 11.6. The van der Waals surface area contributed by atoms with Crippen molar-refractivity contribution in [2.75, 3.05) is 13.1 Å². The lowest BCUT2D eigenvalue weighted by Gasteiger charge is -2.29. The molecule has 1 rings (SSSR count). The number of carbonyl (C=O) groups is 1. The molecular formula is C13H26N2O. The number of carbonyl (C=O) groups excluding carboxylic acids is 1. The highest BCUT2D eigenvalue weighted by atomic mass is 16.2. The third-order valence-corrected chi connectivity index (χ3v) is 3.94. The van der Waals surface area contributed by atoms with Gasteiger partial charge in [-0.05, 0) is 38.5 Å². The molecule has 1 saturated carbocycles. The Hall–Kier alpha value is -0.570. The molecular weight excluding hydrogens is 200 g/mol. The van der Waals surface area contributed by atoms with Crippen LogP contribution in [0.3, 0.4) is 0 Å². The van der Waals surface area contributed by atoms with E-state index in [1.807, 2.05) is 13.8 Å². The fourth-order valence-electron chi connectivity index (χ4n) is 2.57. The number of nitrogens with one attached hydrogen (secondary N) is 2. The summed E-state index contributed by atoms with van der Waals surface area (Å²) in [5, 5.41) is 6.24. The molecule has 0 aliphatic heterocycles. The Balaban J connectivity index is 2.34. The van der Waals surface area contributed by atoms with Gasteiger partial charge in [-0.3, -0.25) is 4.79 Å². The summed E-state index contributed by atoms with van der Waals surface area (Å²) in [5.41, 5.74) is 0.459. The van der Waals surface area contributed by atoms with Gasteiger partial charge in [0, 0.05) is 13.1 Å². The van der Waals surface area contributed by atoms with E-state index in [1.54, 1.807) is 0 Å². The molecule has 1 amide bonds. The van der Waals surface area contributed by atoms with Crippen LogP contribution in [-0.4, -0.2) is 25.0 Å². The molecule has 1 atom stereocenters. The summed E-state index contributed by atoms with van der Waals surface area (Å²) in [6.07, 6.45) is 6.56. The molecule has 0 aromatic rings. The topological polar surface area (TPSA) is 41.1 Å². The lowest BCUT2D eigenvalue weighted by molar-refractivity contribution is -0.122. The molecule has 0 aromatic carbocycles. The van der Waals surface area contributed by atoms with Gasteiger partial charge in [0.25, 0.3) is 0 Å². The summed E-state index contributed by atoms with van der Waals surface area (Å²) in [6, 6.07) is -0.0658. The van der Waals surface area contributed by atoms with Gasteiger partial charge in [-0.15, -0.1) is 0 Å². The van der Waals surface area contributed by atoms with Crippen molar-refractivity contribution in [3.05, 3.63) is 0 Å². The second-order valence-corrected chi connectivity index (χ2v) is 5.06. The molecule has 94 valence electrons. The van der Waals surface area contributed by atoms with Crippen molar-refractivity contribution < 1.29 is 4.79 Å². The van der Waals surface area contributed by atoms with Crippen LogP contribution in [-0.2, 0) is 4.79 Å². The van der Waals surface area contributed by atoms with Gasteiger partial charge in [-0.2, -0.15) is 0 Å². The summed E-state index contributed by atoms with van der Waals surface area (Å²) in [5.74, 6) is 0.117. The van der Waals surface area contributed by atoms with E-state index in [0.717, 1.165) is 6.54 Å². The minimum absolute atomic E-state index is 0.0658. The van der Waals surface area contributed by atoms with Crippen LogP contribution >= 0.6 is 0 Å². The molecule has 3 nitrogen and oxygen atoms in total. The Morgan fingerprint density at radius 2 is 1.94 bits per heavy atom. The summed E-state index contributed by atoms with van der Waals surface area (Å²) in [4.78, 5) is 11.6. The van der Waals surface area contributed by atoms with Gasteiger partial charge >= 0.3 is 0 Å². The van der Waals surface area contributed by atoms with Gasteiger partial charge in [0.2, 0.25) is 5.91 Å². The van der Waals surface area contributed by atoms with E-state index in [4.69, 9.17) is 0 Å².